The Kier molecular flexibility index (Phi) is 78.3. The number of carbonyl (C=O) groups is 4. The minimum absolute atomic E-state index is 0. The van der Waals surface area contributed by atoms with Gasteiger partial charge in [-0.15, -0.1) is 11.6 Å². The van der Waals surface area contributed by atoms with Crippen molar-refractivity contribution in [1.82, 2.24) is 29.4 Å². The summed E-state index contributed by atoms with van der Waals surface area (Å²) in [7, 11) is 0.628. The Hall–Kier alpha value is -0.0878. The van der Waals surface area contributed by atoms with Crippen molar-refractivity contribution in [2.75, 3.05) is 65.0 Å². The molecular formula is C59H105ClI2N6O7VY2-4. The first-order valence-electron chi connectivity index (χ1n) is 25.1. The molecule has 0 spiro atoms. The van der Waals surface area contributed by atoms with Crippen molar-refractivity contribution in [1.29, 1.82) is 0 Å². The summed E-state index contributed by atoms with van der Waals surface area (Å²) < 4.78 is 0. The van der Waals surface area contributed by atoms with E-state index in [1.165, 1.54) is 16.7 Å². The zero-order valence-electron chi connectivity index (χ0n) is 48.7. The number of nitrogens with zero attached hydrogens (tertiary/aromatic N) is 6. The van der Waals surface area contributed by atoms with Crippen LogP contribution in [0.25, 0.3) is 0 Å². The molecule has 3 N–H and O–H groups in total. The maximum atomic E-state index is 11.8. The van der Waals surface area contributed by atoms with E-state index in [9.17, 15) is 14.4 Å². The fourth-order valence-electron chi connectivity index (χ4n) is 8.01. The molecule has 3 aromatic carbocycles. The van der Waals surface area contributed by atoms with Gasteiger partial charge in [-0.1, -0.05) is 154 Å². The average Bonchev–Trinajstić information content (AvgIpc) is 3.40. The van der Waals surface area contributed by atoms with Gasteiger partial charge in [0.1, 0.15) is 19.1 Å². The van der Waals surface area contributed by atoms with Gasteiger partial charge in [-0.05, 0) is 64.5 Å². The molecular weight excluding hydrogens is 1420 g/mol. The van der Waals surface area contributed by atoms with E-state index in [1.54, 1.807) is 9.80 Å². The first-order valence-corrected chi connectivity index (χ1v) is 34.7. The maximum absolute atomic E-state index is 11.8. The number of amides is 3. The van der Waals surface area contributed by atoms with E-state index in [-0.39, 0.29) is 143 Å². The largest absolute Gasteiger partial charge is 0 e. The Morgan fingerprint density at radius 3 is 0.897 bits per heavy atom. The van der Waals surface area contributed by atoms with Crippen LogP contribution < -0.4 is 0 Å². The molecule has 0 saturated carbocycles. The van der Waals surface area contributed by atoms with Gasteiger partial charge in [0.15, 0.2) is 0 Å². The molecule has 3 amide bonds. The van der Waals surface area contributed by atoms with E-state index in [2.05, 4.69) is 169 Å². The van der Waals surface area contributed by atoms with E-state index in [0.717, 1.165) is 45.8 Å². The van der Waals surface area contributed by atoms with Crippen LogP contribution in [-0.2, 0) is 114 Å². The maximum Gasteiger partial charge on any atom is 0 e. The molecule has 6 atom stereocenters. The number of aliphatic hydroxyl groups is 3. The predicted octanol–water partition coefficient (Wildman–Crippen LogP) is 11.4. The first kappa shape index (κ1) is 97.1. The summed E-state index contributed by atoms with van der Waals surface area (Å²) >= 11 is 10.4. The third kappa shape index (κ3) is 41.0. The number of rotatable bonds is 9. The van der Waals surface area contributed by atoms with Gasteiger partial charge in [-0.2, -0.15) is 0 Å². The van der Waals surface area contributed by atoms with E-state index < -0.39 is 13.2 Å². The van der Waals surface area contributed by atoms with Gasteiger partial charge in [0.25, 0.3) is 0 Å². The van der Waals surface area contributed by atoms with E-state index in [0.29, 0.717) is 47.0 Å². The number of hydrogen-bond donors (Lipinski definition) is 3. The van der Waals surface area contributed by atoms with Gasteiger partial charge >= 0.3 is 49.4 Å². The smallest absolute Gasteiger partial charge is 0 e. The Labute approximate surface area is 562 Å². The molecule has 3 saturated heterocycles. The van der Waals surface area contributed by atoms with Crippen LogP contribution in [0, 0.1) is 28.7 Å². The number of piperazine rings is 3. The molecule has 78 heavy (non-hydrogen) atoms. The molecule has 3 aliphatic rings. The topological polar surface area (TPSA) is 148 Å². The molecule has 0 aliphatic carbocycles. The summed E-state index contributed by atoms with van der Waals surface area (Å²) in [5.74, 6) is -0.215. The van der Waals surface area contributed by atoms with Crippen LogP contribution in [-0.4, -0.2) is 170 Å². The Morgan fingerprint density at radius 2 is 0.718 bits per heavy atom. The van der Waals surface area contributed by atoms with E-state index >= 15 is 0 Å². The zero-order chi connectivity index (χ0) is 55.6. The van der Waals surface area contributed by atoms with Crippen molar-refractivity contribution in [2.45, 2.75) is 154 Å². The second-order valence-corrected chi connectivity index (χ2v) is 28.4. The van der Waals surface area contributed by atoms with Crippen LogP contribution in [0.2, 0.25) is 0 Å². The molecule has 13 nitrogen and oxygen atoms in total. The first-order chi connectivity index (χ1) is 34.6. The van der Waals surface area contributed by atoms with Crippen LogP contribution >= 0.6 is 51.6 Å². The van der Waals surface area contributed by atoms with E-state index in [1.807, 2.05) is 78.5 Å². The minimum Gasteiger partial charge on any atom is 0 e. The molecule has 19 heteroatoms. The molecule has 0 aromatic heterocycles. The standard InChI is InChI=1S/C15H21ClN2O.2C15H22N2O2.C2H5O.C2H3O.3C2H6.2CH4.2CH3.2HI.V.2Y/c1-12-10-18(15(19)8-16)13(2)9-17(12)11-14-6-4-3-5-7-14;2*1-12-9-17(15(19)11-18)13(2)8-16(12)10-14-6-4-3-5-7-14;2*1-2-3;3*1-2;;;;;;;;;/h3-7,12-13H,8-11H2,1-2H3;2*3-7,12-13,18H,8-11H2,1-2H3;3H,1-2H2;2H,1H2;3*1-2H3;2*1H4;2*1H3;2*1H;;;/q;;;2*-1;;;;;;2*-1;;;+2;;/p-2. The third-order valence-electron chi connectivity index (χ3n) is 11.4. The van der Waals surface area contributed by atoms with Gasteiger partial charge < -0.3 is 63.5 Å². The number of aldehydes is 1. The monoisotopic (exact) mass is 1530 g/mol. The molecule has 0 bridgehead atoms. The Bertz CT molecular complexity index is 1590. The SMILES string of the molecule is C.C.CC.CC.CC.CC1CN(C(=O)CCl)C(C)CN1Cc1ccccc1.CC1CN(C(=O)CO)C(C)CN1Cc1ccccc1.CC1CN(C(=O)CO)C(C)CN1Cc1ccccc1.[CH2-]C=O.[CH2-]CO.[CH3-].[CH3-].[I][V][I].[Y].[Y]. The van der Waals surface area contributed by atoms with Crippen LogP contribution in [0.3, 0.4) is 0 Å². The summed E-state index contributed by atoms with van der Waals surface area (Å²) in [5.41, 5.74) is 3.91. The number of carbonyl (C=O) groups excluding carboxylic acids is 4. The molecule has 6 unspecified atom stereocenters. The van der Waals surface area contributed by atoms with Gasteiger partial charge in [-0.3, -0.25) is 29.1 Å². The zero-order valence-corrected chi connectivity index (χ0v) is 60.8. The summed E-state index contributed by atoms with van der Waals surface area (Å²) in [6, 6.07) is 32.7. The van der Waals surface area contributed by atoms with Crippen LogP contribution in [0.5, 0.6) is 0 Å². The molecule has 3 fully saturated rings. The van der Waals surface area contributed by atoms with Crippen LogP contribution in [0.4, 0.5) is 0 Å². The van der Waals surface area contributed by atoms with Crippen LogP contribution in [0.1, 0.15) is 115 Å². The number of aliphatic hydroxyl groups excluding tert-OH is 3. The molecule has 449 valence electrons. The normalized spacial score (nSPS) is 18.7. The quantitative estimate of drug-likeness (QED) is 0.0818. The number of benzene rings is 3. The van der Waals surface area contributed by atoms with Crippen molar-refractivity contribution < 1.29 is 109 Å². The fraction of sp³-hybridized carbons (Fsp3) is 0.559. The number of alkyl halides is 1. The van der Waals surface area contributed by atoms with Gasteiger partial charge in [0.2, 0.25) is 17.7 Å². The van der Waals surface area contributed by atoms with Crippen molar-refractivity contribution in [3.8, 4) is 0 Å². The predicted molar refractivity (Wildman–Crippen MR) is 340 cm³/mol. The van der Waals surface area contributed by atoms with Gasteiger partial charge in [0.05, 0.1) is 0 Å². The van der Waals surface area contributed by atoms with E-state index in [4.69, 9.17) is 31.7 Å². The van der Waals surface area contributed by atoms with Crippen molar-refractivity contribution in [3.63, 3.8) is 0 Å². The van der Waals surface area contributed by atoms with Gasteiger partial charge in [-0.25, -0.2) is 0 Å². The minimum atomic E-state index is -0.393. The summed E-state index contributed by atoms with van der Waals surface area (Å²) in [6.45, 7) is 37.2. The molecule has 2 radical (unpaired) electrons. The molecule has 6 rings (SSSR count). The number of halogens is 3. The Balaban J connectivity index is -0.000000112. The molecule has 3 aromatic rings. The third-order valence-corrected chi connectivity index (χ3v) is 11.6. The van der Waals surface area contributed by atoms with Crippen molar-refractivity contribution in [3.05, 3.63) is 136 Å². The van der Waals surface area contributed by atoms with Crippen LogP contribution in [0.15, 0.2) is 91.0 Å². The van der Waals surface area contributed by atoms with Crippen molar-refractivity contribution in [2.24, 2.45) is 0 Å². The van der Waals surface area contributed by atoms with Crippen molar-refractivity contribution >= 4 is 75.6 Å². The second kappa shape index (κ2) is 62.9. The summed E-state index contributed by atoms with van der Waals surface area (Å²) in [5, 5.41) is 25.4. The molecule has 3 aliphatic heterocycles. The average molecular weight is 1530 g/mol. The number of hydrogen-bond acceptors (Lipinski definition) is 10. The molecule has 3 heterocycles. The summed E-state index contributed by atoms with van der Waals surface area (Å²) in [6.07, 6.45) is 0.500. The fourth-order valence-corrected chi connectivity index (χ4v) is 8.16. The van der Waals surface area contributed by atoms with Gasteiger partial charge in [0, 0.05) is 161 Å². The summed E-state index contributed by atoms with van der Waals surface area (Å²) in [4.78, 5) is 56.4. The second-order valence-electron chi connectivity index (χ2n) is 16.4. The Morgan fingerprint density at radius 1 is 0.526 bits per heavy atom.